The van der Waals surface area contributed by atoms with Crippen LogP contribution in [0.4, 0.5) is 13.2 Å². The Bertz CT molecular complexity index is 482. The zero-order valence-electron chi connectivity index (χ0n) is 12.5. The Hall–Kier alpha value is -1.31. The number of halogens is 3. The fourth-order valence-corrected chi connectivity index (χ4v) is 2.87. The predicted molar refractivity (Wildman–Crippen MR) is 76.5 cm³/mol. The SMILES string of the molecule is CO[C@H]1CCN(C(CCN)c2cccc(OC(F)(F)F)c2)C1. The molecule has 0 aliphatic carbocycles. The molecule has 1 fully saturated rings. The van der Waals surface area contributed by atoms with Crippen LogP contribution < -0.4 is 10.5 Å². The summed E-state index contributed by atoms with van der Waals surface area (Å²) >= 11 is 0. The van der Waals surface area contributed by atoms with E-state index in [1.165, 1.54) is 12.1 Å². The molecular formula is C15H21F3N2O2. The van der Waals surface area contributed by atoms with Gasteiger partial charge in [-0.3, -0.25) is 4.90 Å². The number of likely N-dealkylation sites (tertiary alicyclic amines) is 1. The third kappa shape index (κ3) is 4.59. The summed E-state index contributed by atoms with van der Waals surface area (Å²) in [6, 6.07) is 6.10. The van der Waals surface area contributed by atoms with Gasteiger partial charge < -0.3 is 15.2 Å². The highest BCUT2D eigenvalue weighted by molar-refractivity contribution is 5.31. The maximum Gasteiger partial charge on any atom is 0.573 e. The van der Waals surface area contributed by atoms with Gasteiger partial charge in [0.05, 0.1) is 6.10 Å². The van der Waals surface area contributed by atoms with Crippen molar-refractivity contribution in [2.75, 3.05) is 26.7 Å². The lowest BCUT2D eigenvalue weighted by atomic mass is 10.0. The number of rotatable bonds is 6. The summed E-state index contributed by atoms with van der Waals surface area (Å²) in [7, 11) is 1.67. The van der Waals surface area contributed by atoms with Gasteiger partial charge >= 0.3 is 6.36 Å². The number of benzene rings is 1. The van der Waals surface area contributed by atoms with Crippen LogP contribution in [0.1, 0.15) is 24.4 Å². The summed E-state index contributed by atoms with van der Waals surface area (Å²) < 4.78 is 46.4. The average Bonchev–Trinajstić information content (AvgIpc) is 2.91. The van der Waals surface area contributed by atoms with E-state index in [9.17, 15) is 13.2 Å². The molecule has 0 radical (unpaired) electrons. The van der Waals surface area contributed by atoms with Gasteiger partial charge in [0.15, 0.2) is 0 Å². The molecule has 2 N–H and O–H groups in total. The second-order valence-corrected chi connectivity index (χ2v) is 5.35. The molecular weight excluding hydrogens is 297 g/mol. The van der Waals surface area contributed by atoms with E-state index in [2.05, 4.69) is 9.64 Å². The van der Waals surface area contributed by atoms with E-state index in [1.807, 2.05) is 6.07 Å². The van der Waals surface area contributed by atoms with E-state index in [4.69, 9.17) is 10.5 Å². The minimum Gasteiger partial charge on any atom is -0.406 e. The molecule has 1 heterocycles. The minimum absolute atomic E-state index is 0.0260. The molecule has 2 rings (SSSR count). The first kappa shape index (κ1) is 17.1. The molecule has 1 aliphatic rings. The zero-order valence-corrected chi connectivity index (χ0v) is 12.5. The first-order chi connectivity index (χ1) is 10.4. The number of hydrogen-bond donors (Lipinski definition) is 1. The summed E-state index contributed by atoms with van der Waals surface area (Å²) in [4.78, 5) is 2.20. The first-order valence-electron chi connectivity index (χ1n) is 7.25. The van der Waals surface area contributed by atoms with Crippen molar-refractivity contribution >= 4 is 0 Å². The molecule has 0 aromatic heterocycles. The highest BCUT2D eigenvalue weighted by Gasteiger charge is 2.32. The maximum absolute atomic E-state index is 12.4. The van der Waals surface area contributed by atoms with Gasteiger partial charge in [-0.05, 0) is 37.1 Å². The van der Waals surface area contributed by atoms with Crippen molar-refractivity contribution in [3.8, 4) is 5.75 Å². The number of ether oxygens (including phenoxy) is 2. The average molecular weight is 318 g/mol. The molecule has 0 saturated carbocycles. The second-order valence-electron chi connectivity index (χ2n) is 5.35. The third-order valence-electron chi connectivity index (χ3n) is 3.87. The molecule has 1 aromatic carbocycles. The van der Waals surface area contributed by atoms with E-state index >= 15 is 0 Å². The molecule has 22 heavy (non-hydrogen) atoms. The van der Waals surface area contributed by atoms with Crippen molar-refractivity contribution in [1.82, 2.24) is 4.90 Å². The molecule has 4 nitrogen and oxygen atoms in total. The summed E-state index contributed by atoms with van der Waals surface area (Å²) in [5.41, 5.74) is 6.45. The number of alkyl halides is 3. The molecule has 2 atom stereocenters. The monoisotopic (exact) mass is 318 g/mol. The van der Waals surface area contributed by atoms with Crippen LogP contribution in [0.3, 0.4) is 0 Å². The molecule has 1 unspecified atom stereocenters. The topological polar surface area (TPSA) is 47.7 Å². The van der Waals surface area contributed by atoms with Crippen molar-refractivity contribution in [3.05, 3.63) is 29.8 Å². The van der Waals surface area contributed by atoms with E-state index in [0.29, 0.717) is 13.0 Å². The van der Waals surface area contributed by atoms with Crippen molar-refractivity contribution in [2.45, 2.75) is 31.3 Å². The summed E-state index contributed by atoms with van der Waals surface area (Å²) in [6.07, 6.45) is -2.94. The van der Waals surface area contributed by atoms with Gasteiger partial charge in [-0.15, -0.1) is 13.2 Å². The Kier molecular flexibility index (Phi) is 5.66. The van der Waals surface area contributed by atoms with Crippen molar-refractivity contribution in [3.63, 3.8) is 0 Å². The number of nitrogens with two attached hydrogens (primary N) is 1. The standard InChI is InChI=1S/C15H21F3N2O2/c1-21-13-6-8-20(10-13)14(5-7-19)11-3-2-4-12(9-11)22-15(16,17)18/h2-4,9,13-14H,5-8,10,19H2,1H3/t13-,14?/m0/s1. The third-order valence-corrected chi connectivity index (χ3v) is 3.87. The lowest BCUT2D eigenvalue weighted by Gasteiger charge is -2.28. The smallest absolute Gasteiger partial charge is 0.406 e. The van der Waals surface area contributed by atoms with Crippen LogP contribution in [0, 0.1) is 0 Å². The molecule has 124 valence electrons. The Morgan fingerprint density at radius 1 is 1.41 bits per heavy atom. The van der Waals surface area contributed by atoms with Crippen LogP contribution in [0.2, 0.25) is 0 Å². The van der Waals surface area contributed by atoms with Gasteiger partial charge in [0.1, 0.15) is 5.75 Å². The Morgan fingerprint density at radius 3 is 2.77 bits per heavy atom. The molecule has 1 aromatic rings. The van der Waals surface area contributed by atoms with Gasteiger partial charge in [-0.2, -0.15) is 0 Å². The Labute approximate surface area is 128 Å². The van der Waals surface area contributed by atoms with Crippen LogP contribution in [-0.2, 0) is 4.74 Å². The van der Waals surface area contributed by atoms with Crippen LogP contribution in [-0.4, -0.2) is 44.1 Å². The number of hydrogen-bond acceptors (Lipinski definition) is 4. The fourth-order valence-electron chi connectivity index (χ4n) is 2.87. The Balaban J connectivity index is 2.16. The van der Waals surface area contributed by atoms with E-state index in [0.717, 1.165) is 25.1 Å². The van der Waals surface area contributed by atoms with Crippen molar-refractivity contribution < 1.29 is 22.6 Å². The van der Waals surface area contributed by atoms with Gasteiger partial charge in [0.2, 0.25) is 0 Å². The molecule has 1 aliphatic heterocycles. The number of methoxy groups -OCH3 is 1. The summed E-state index contributed by atoms with van der Waals surface area (Å²) in [5, 5.41) is 0. The van der Waals surface area contributed by atoms with E-state index in [-0.39, 0.29) is 17.9 Å². The lowest BCUT2D eigenvalue weighted by molar-refractivity contribution is -0.274. The van der Waals surface area contributed by atoms with Gasteiger partial charge in [0, 0.05) is 26.2 Å². The minimum atomic E-state index is -4.68. The van der Waals surface area contributed by atoms with Crippen molar-refractivity contribution in [1.29, 1.82) is 0 Å². The number of nitrogens with zero attached hydrogens (tertiary/aromatic N) is 1. The predicted octanol–water partition coefficient (Wildman–Crippen LogP) is 2.70. The van der Waals surface area contributed by atoms with E-state index in [1.54, 1.807) is 13.2 Å². The summed E-state index contributed by atoms with van der Waals surface area (Å²) in [6.45, 7) is 2.06. The van der Waals surface area contributed by atoms with Crippen molar-refractivity contribution in [2.24, 2.45) is 5.73 Å². The van der Waals surface area contributed by atoms with Crippen LogP contribution in [0.25, 0.3) is 0 Å². The summed E-state index contributed by atoms with van der Waals surface area (Å²) in [5.74, 6) is -0.200. The molecule has 0 spiro atoms. The molecule has 1 saturated heterocycles. The molecule has 0 amide bonds. The van der Waals surface area contributed by atoms with Crippen LogP contribution in [0.5, 0.6) is 5.75 Å². The maximum atomic E-state index is 12.4. The lowest BCUT2D eigenvalue weighted by Crippen LogP contribution is -2.29. The van der Waals surface area contributed by atoms with Gasteiger partial charge in [-0.1, -0.05) is 12.1 Å². The van der Waals surface area contributed by atoms with Crippen LogP contribution in [0.15, 0.2) is 24.3 Å². The largest absolute Gasteiger partial charge is 0.573 e. The van der Waals surface area contributed by atoms with Crippen LogP contribution >= 0.6 is 0 Å². The van der Waals surface area contributed by atoms with Gasteiger partial charge in [0.25, 0.3) is 0 Å². The van der Waals surface area contributed by atoms with Gasteiger partial charge in [-0.25, -0.2) is 0 Å². The zero-order chi connectivity index (χ0) is 16.2. The quantitative estimate of drug-likeness (QED) is 0.876. The normalized spacial score (nSPS) is 21.0. The van der Waals surface area contributed by atoms with E-state index < -0.39 is 6.36 Å². The highest BCUT2D eigenvalue weighted by Crippen LogP contribution is 2.32. The highest BCUT2D eigenvalue weighted by atomic mass is 19.4. The fraction of sp³-hybridized carbons (Fsp3) is 0.600. The molecule has 0 bridgehead atoms. The molecule has 7 heteroatoms. The second kappa shape index (κ2) is 7.30. The Morgan fingerprint density at radius 2 is 2.18 bits per heavy atom. The first-order valence-corrected chi connectivity index (χ1v) is 7.25.